The van der Waals surface area contributed by atoms with Crippen molar-refractivity contribution in [2.45, 2.75) is 24.8 Å². The van der Waals surface area contributed by atoms with Gasteiger partial charge in [-0.05, 0) is 46.2 Å². The molecular weight excluding hydrogens is 290 g/mol. The average molecular weight is 306 g/mol. The second-order valence-corrected chi connectivity index (χ2v) is 5.78. The fraction of sp³-hybridized carbons (Fsp3) is 0.545. The standard InChI is InChI=1S/C11H16BrNS2/c1-2-3-9(7-14)8-15-11-5-4-10(12)6-13-11/h4-6,9,14H,2-3,7-8H2,1H3. The van der Waals surface area contributed by atoms with E-state index in [2.05, 4.69) is 46.5 Å². The smallest absolute Gasteiger partial charge is 0.0960 e. The van der Waals surface area contributed by atoms with Gasteiger partial charge in [0.2, 0.25) is 0 Å². The fourth-order valence-electron chi connectivity index (χ4n) is 1.29. The summed E-state index contributed by atoms with van der Waals surface area (Å²) in [5, 5.41) is 1.10. The minimum atomic E-state index is 0.703. The van der Waals surface area contributed by atoms with Crippen LogP contribution >= 0.6 is 40.3 Å². The number of halogens is 1. The quantitative estimate of drug-likeness (QED) is 0.622. The van der Waals surface area contributed by atoms with Crippen molar-refractivity contribution in [2.24, 2.45) is 5.92 Å². The minimum Gasteiger partial charge on any atom is -0.249 e. The molecular formula is C11H16BrNS2. The highest BCUT2D eigenvalue weighted by Crippen LogP contribution is 2.22. The molecule has 0 spiro atoms. The summed E-state index contributed by atoms with van der Waals surface area (Å²) < 4.78 is 1.03. The van der Waals surface area contributed by atoms with Gasteiger partial charge in [0.1, 0.15) is 0 Å². The molecule has 15 heavy (non-hydrogen) atoms. The Balaban J connectivity index is 2.38. The van der Waals surface area contributed by atoms with Crippen LogP contribution in [0.25, 0.3) is 0 Å². The molecule has 1 unspecified atom stereocenters. The van der Waals surface area contributed by atoms with E-state index in [1.54, 1.807) is 0 Å². The van der Waals surface area contributed by atoms with Crippen molar-refractivity contribution in [3.63, 3.8) is 0 Å². The molecule has 1 aromatic rings. The first kappa shape index (κ1) is 13.4. The molecule has 1 rings (SSSR count). The lowest BCUT2D eigenvalue weighted by molar-refractivity contribution is 0.595. The van der Waals surface area contributed by atoms with E-state index in [-0.39, 0.29) is 0 Å². The summed E-state index contributed by atoms with van der Waals surface area (Å²) in [6, 6.07) is 4.08. The first-order valence-electron chi connectivity index (χ1n) is 5.11. The van der Waals surface area contributed by atoms with Gasteiger partial charge in [-0.25, -0.2) is 4.98 Å². The molecule has 0 fully saturated rings. The van der Waals surface area contributed by atoms with Gasteiger partial charge in [0.25, 0.3) is 0 Å². The van der Waals surface area contributed by atoms with Crippen molar-refractivity contribution in [3.8, 4) is 0 Å². The summed E-state index contributed by atoms with van der Waals surface area (Å²) in [7, 11) is 0. The van der Waals surface area contributed by atoms with Crippen LogP contribution in [0, 0.1) is 5.92 Å². The number of thiol groups is 1. The zero-order valence-corrected chi connectivity index (χ0v) is 12.1. The van der Waals surface area contributed by atoms with E-state index in [9.17, 15) is 0 Å². The summed E-state index contributed by atoms with van der Waals surface area (Å²) in [6.07, 6.45) is 4.34. The molecule has 4 heteroatoms. The molecule has 0 aliphatic heterocycles. The predicted octanol–water partition coefficient (Wildman–Crippen LogP) is 4.28. The van der Waals surface area contributed by atoms with E-state index < -0.39 is 0 Å². The Morgan fingerprint density at radius 2 is 2.33 bits per heavy atom. The molecule has 0 radical (unpaired) electrons. The molecule has 0 aliphatic rings. The van der Waals surface area contributed by atoms with E-state index in [0.29, 0.717) is 5.92 Å². The number of thioether (sulfide) groups is 1. The maximum absolute atomic E-state index is 4.37. The molecule has 1 heterocycles. The largest absolute Gasteiger partial charge is 0.249 e. The molecule has 84 valence electrons. The van der Waals surface area contributed by atoms with E-state index in [4.69, 9.17) is 0 Å². The van der Waals surface area contributed by atoms with Crippen LogP contribution in [0.15, 0.2) is 27.8 Å². The Hall–Kier alpha value is 0.330. The zero-order chi connectivity index (χ0) is 11.1. The molecule has 1 nitrogen and oxygen atoms in total. The van der Waals surface area contributed by atoms with E-state index in [1.165, 1.54) is 12.8 Å². The van der Waals surface area contributed by atoms with Crippen LogP contribution in [0.2, 0.25) is 0 Å². The normalized spacial score (nSPS) is 12.7. The first-order valence-corrected chi connectivity index (χ1v) is 7.52. The summed E-state index contributed by atoms with van der Waals surface area (Å²) in [5.41, 5.74) is 0. The van der Waals surface area contributed by atoms with Crippen LogP contribution in [0.1, 0.15) is 19.8 Å². The van der Waals surface area contributed by atoms with Crippen molar-refractivity contribution in [3.05, 3.63) is 22.8 Å². The van der Waals surface area contributed by atoms with Gasteiger partial charge < -0.3 is 0 Å². The lowest BCUT2D eigenvalue weighted by atomic mass is 10.1. The van der Waals surface area contributed by atoms with Gasteiger partial charge in [0, 0.05) is 16.4 Å². The topological polar surface area (TPSA) is 12.9 Å². The lowest BCUT2D eigenvalue weighted by Crippen LogP contribution is -2.05. The van der Waals surface area contributed by atoms with Crippen LogP contribution in [0.3, 0.4) is 0 Å². The van der Waals surface area contributed by atoms with E-state index >= 15 is 0 Å². The van der Waals surface area contributed by atoms with Gasteiger partial charge in [-0.2, -0.15) is 12.6 Å². The Kier molecular flexibility index (Phi) is 6.77. The molecule has 0 aromatic carbocycles. The van der Waals surface area contributed by atoms with Crippen LogP contribution < -0.4 is 0 Å². The number of aromatic nitrogens is 1. The van der Waals surface area contributed by atoms with E-state index in [0.717, 1.165) is 21.0 Å². The van der Waals surface area contributed by atoms with Crippen LogP contribution in [0.5, 0.6) is 0 Å². The monoisotopic (exact) mass is 305 g/mol. The maximum Gasteiger partial charge on any atom is 0.0960 e. The Labute approximate surface area is 110 Å². The molecule has 0 bridgehead atoms. The van der Waals surface area contributed by atoms with Crippen LogP contribution in [-0.4, -0.2) is 16.5 Å². The first-order chi connectivity index (χ1) is 7.26. The van der Waals surface area contributed by atoms with E-state index in [1.807, 2.05) is 24.0 Å². The van der Waals surface area contributed by atoms with Crippen molar-refractivity contribution >= 4 is 40.3 Å². The van der Waals surface area contributed by atoms with Gasteiger partial charge in [-0.15, -0.1) is 11.8 Å². The Morgan fingerprint density at radius 1 is 1.53 bits per heavy atom. The average Bonchev–Trinajstić information content (AvgIpc) is 2.26. The van der Waals surface area contributed by atoms with Crippen LogP contribution in [0.4, 0.5) is 0 Å². The molecule has 1 aromatic heterocycles. The fourth-order valence-corrected chi connectivity index (χ4v) is 2.99. The second-order valence-electron chi connectivity index (χ2n) is 3.46. The Morgan fingerprint density at radius 3 is 2.87 bits per heavy atom. The molecule has 0 saturated heterocycles. The second kappa shape index (κ2) is 7.58. The third kappa shape index (κ3) is 5.27. The van der Waals surface area contributed by atoms with Crippen molar-refractivity contribution < 1.29 is 0 Å². The van der Waals surface area contributed by atoms with Gasteiger partial charge in [0.15, 0.2) is 0 Å². The Bertz CT molecular complexity index is 276. The molecule has 0 N–H and O–H groups in total. The third-order valence-corrected chi connectivity index (χ3v) is 4.28. The van der Waals surface area contributed by atoms with Gasteiger partial charge in [-0.1, -0.05) is 13.3 Å². The number of hydrogen-bond donors (Lipinski definition) is 1. The summed E-state index contributed by atoms with van der Waals surface area (Å²) >= 11 is 9.57. The highest BCUT2D eigenvalue weighted by molar-refractivity contribution is 9.10. The predicted molar refractivity (Wildman–Crippen MR) is 74.9 cm³/mol. The van der Waals surface area contributed by atoms with Gasteiger partial charge >= 0.3 is 0 Å². The summed E-state index contributed by atoms with van der Waals surface area (Å²) in [6.45, 7) is 2.22. The molecule has 1 atom stereocenters. The SMILES string of the molecule is CCCC(CS)CSc1ccc(Br)cn1. The zero-order valence-electron chi connectivity index (χ0n) is 8.82. The minimum absolute atomic E-state index is 0.703. The van der Waals surface area contributed by atoms with Crippen molar-refractivity contribution in [2.75, 3.05) is 11.5 Å². The summed E-state index contributed by atoms with van der Waals surface area (Å²) in [5.74, 6) is 2.79. The molecule has 0 saturated carbocycles. The molecule has 0 amide bonds. The lowest BCUT2D eigenvalue weighted by Gasteiger charge is -2.11. The molecule has 0 aliphatic carbocycles. The van der Waals surface area contributed by atoms with Crippen molar-refractivity contribution in [1.82, 2.24) is 4.98 Å². The number of hydrogen-bond acceptors (Lipinski definition) is 3. The maximum atomic E-state index is 4.37. The van der Waals surface area contributed by atoms with Crippen LogP contribution in [-0.2, 0) is 0 Å². The summed E-state index contributed by atoms with van der Waals surface area (Å²) in [4.78, 5) is 4.34. The highest BCUT2D eigenvalue weighted by Gasteiger charge is 2.06. The van der Waals surface area contributed by atoms with Gasteiger partial charge in [-0.3, -0.25) is 0 Å². The van der Waals surface area contributed by atoms with Crippen molar-refractivity contribution in [1.29, 1.82) is 0 Å². The number of pyridine rings is 1. The third-order valence-electron chi connectivity index (χ3n) is 2.12. The number of rotatable bonds is 6. The number of nitrogens with zero attached hydrogens (tertiary/aromatic N) is 1. The van der Waals surface area contributed by atoms with Gasteiger partial charge in [0.05, 0.1) is 5.03 Å². The highest BCUT2D eigenvalue weighted by atomic mass is 79.9.